The van der Waals surface area contributed by atoms with Gasteiger partial charge in [-0.05, 0) is 41.0 Å². The lowest BCUT2D eigenvalue weighted by molar-refractivity contribution is -0.134. The highest BCUT2D eigenvalue weighted by Gasteiger charge is 2.32. The summed E-state index contributed by atoms with van der Waals surface area (Å²) in [5.41, 5.74) is 4.21. The maximum atomic E-state index is 12.4. The minimum Gasteiger partial charge on any atom is -0.503 e. The Balaban J connectivity index is 1.61. The third kappa shape index (κ3) is 5.84. The predicted octanol–water partition coefficient (Wildman–Crippen LogP) is 5.78. The van der Waals surface area contributed by atoms with Crippen LogP contribution in [0.15, 0.2) is 84.2 Å². The Hall–Kier alpha value is -4.10. The van der Waals surface area contributed by atoms with Crippen LogP contribution in [0.3, 0.4) is 0 Å². The van der Waals surface area contributed by atoms with Crippen molar-refractivity contribution in [3.8, 4) is 5.75 Å². The van der Waals surface area contributed by atoms with Crippen LogP contribution < -0.4 is 4.74 Å². The number of carbonyl (C=O) groups is 2. The highest BCUT2D eigenvalue weighted by molar-refractivity contribution is 6.30. The van der Waals surface area contributed by atoms with E-state index in [4.69, 9.17) is 25.8 Å². The lowest BCUT2D eigenvalue weighted by atomic mass is 9.98. The molecule has 0 bridgehead atoms. The van der Waals surface area contributed by atoms with Gasteiger partial charge < -0.3 is 14.2 Å². The monoisotopic (exact) mass is 518 g/mol. The van der Waals surface area contributed by atoms with E-state index in [1.807, 2.05) is 72.8 Å². The van der Waals surface area contributed by atoms with Crippen molar-refractivity contribution in [1.82, 2.24) is 5.01 Å². The van der Waals surface area contributed by atoms with Crippen LogP contribution in [0, 0.1) is 0 Å². The molecule has 4 rings (SSSR count). The van der Waals surface area contributed by atoms with E-state index in [-0.39, 0.29) is 18.6 Å². The number of ether oxygens (including phenoxy) is 3. The van der Waals surface area contributed by atoms with E-state index < -0.39 is 5.97 Å². The smallest absolute Gasteiger partial charge is 0.341 e. The molecule has 0 fully saturated rings. The van der Waals surface area contributed by atoms with Crippen molar-refractivity contribution in [3.63, 3.8) is 0 Å². The summed E-state index contributed by atoms with van der Waals surface area (Å²) in [5, 5.41) is 6.79. The second-order valence-electron chi connectivity index (χ2n) is 8.38. The summed E-state index contributed by atoms with van der Waals surface area (Å²) in [6.07, 6.45) is 1.89. The fraction of sp³-hybridized carbons (Fsp3) is 0.207. The molecule has 1 amide bonds. The number of para-hydroxylation sites is 1. The number of methoxy groups -OCH3 is 2. The van der Waals surface area contributed by atoms with E-state index in [0.29, 0.717) is 28.3 Å². The van der Waals surface area contributed by atoms with Gasteiger partial charge >= 0.3 is 5.97 Å². The molecule has 37 heavy (non-hydrogen) atoms. The highest BCUT2D eigenvalue weighted by Crippen LogP contribution is 2.35. The fourth-order valence-electron chi connectivity index (χ4n) is 4.25. The van der Waals surface area contributed by atoms with Crippen molar-refractivity contribution in [3.05, 3.63) is 106 Å². The molecule has 3 aromatic carbocycles. The summed E-state index contributed by atoms with van der Waals surface area (Å²) >= 11 is 6.06. The molecule has 190 valence electrons. The first kappa shape index (κ1) is 26.0. The topological polar surface area (TPSA) is 77.4 Å². The van der Waals surface area contributed by atoms with Gasteiger partial charge in [-0.15, -0.1) is 0 Å². The summed E-state index contributed by atoms with van der Waals surface area (Å²) in [7, 11) is 2.80. The van der Waals surface area contributed by atoms with E-state index in [0.717, 1.165) is 22.4 Å². The molecule has 3 aromatic rings. The summed E-state index contributed by atoms with van der Waals surface area (Å²) in [6.45, 7) is 1.69. The highest BCUT2D eigenvalue weighted by atomic mass is 35.5. The average molecular weight is 519 g/mol. The van der Waals surface area contributed by atoms with Crippen LogP contribution in [0.4, 0.5) is 0 Å². The third-order valence-corrected chi connectivity index (χ3v) is 6.27. The van der Waals surface area contributed by atoms with Gasteiger partial charge in [-0.3, -0.25) is 4.79 Å². The first-order valence-electron chi connectivity index (χ1n) is 11.7. The Labute approximate surface area is 220 Å². The number of hydrogen-bond donors (Lipinski definition) is 0. The molecule has 0 N–H and O–H groups in total. The maximum absolute atomic E-state index is 12.4. The zero-order chi connectivity index (χ0) is 26.4. The molecular formula is C29H27ClN2O5. The van der Waals surface area contributed by atoms with Gasteiger partial charge in [-0.2, -0.15) is 5.10 Å². The number of halogens is 1. The number of carbonyl (C=O) groups excluding carboxylic acids is 2. The Bertz CT molecular complexity index is 1350. The standard InChI is InChI=1S/C29H27ClN2O5/c1-19(33)32-27(20-12-14-22(30)15-13-20)16-26(31-32)24-10-6-7-11-28(24)37-17-21-8-4-5-9-23(21)25(18-35-2)29(34)36-3/h4-15,18,27H,16-17H2,1-3H3/b25-18+. The number of hydrazone groups is 1. The van der Waals surface area contributed by atoms with Gasteiger partial charge in [0.15, 0.2) is 0 Å². The Morgan fingerprint density at radius 1 is 1.03 bits per heavy atom. The second-order valence-corrected chi connectivity index (χ2v) is 8.82. The number of benzene rings is 3. The molecule has 7 nitrogen and oxygen atoms in total. The molecular weight excluding hydrogens is 492 g/mol. The second kappa shape index (κ2) is 11.8. The molecule has 0 spiro atoms. The predicted molar refractivity (Wildman–Crippen MR) is 142 cm³/mol. The van der Waals surface area contributed by atoms with Crippen LogP contribution in [-0.2, 0) is 25.7 Å². The third-order valence-electron chi connectivity index (χ3n) is 6.02. The molecule has 8 heteroatoms. The van der Waals surface area contributed by atoms with E-state index in [2.05, 4.69) is 5.10 Å². The Kier molecular flexibility index (Phi) is 8.25. The lowest BCUT2D eigenvalue weighted by Gasteiger charge is -2.20. The largest absolute Gasteiger partial charge is 0.503 e. The lowest BCUT2D eigenvalue weighted by Crippen LogP contribution is -2.24. The minimum atomic E-state index is -0.507. The zero-order valence-corrected chi connectivity index (χ0v) is 21.6. The fourth-order valence-corrected chi connectivity index (χ4v) is 4.38. The average Bonchev–Trinajstić information content (AvgIpc) is 3.37. The molecule has 0 aromatic heterocycles. The van der Waals surface area contributed by atoms with E-state index >= 15 is 0 Å². The molecule has 1 heterocycles. The Morgan fingerprint density at radius 2 is 1.73 bits per heavy atom. The van der Waals surface area contributed by atoms with Gasteiger partial charge in [0, 0.05) is 23.9 Å². The minimum absolute atomic E-state index is 0.150. The summed E-state index contributed by atoms with van der Waals surface area (Å²) in [6, 6.07) is 22.2. The first-order chi connectivity index (χ1) is 17.9. The molecule has 0 saturated carbocycles. The van der Waals surface area contributed by atoms with Crippen LogP contribution in [0.2, 0.25) is 5.02 Å². The molecule has 0 aliphatic carbocycles. The first-order valence-corrected chi connectivity index (χ1v) is 12.0. The van der Waals surface area contributed by atoms with Gasteiger partial charge in [0.2, 0.25) is 5.91 Å². The van der Waals surface area contributed by atoms with Gasteiger partial charge in [0.05, 0.1) is 32.2 Å². The SMILES string of the molecule is CO/C=C(/C(=O)OC)c1ccccc1COc1ccccc1C1=NN(C(C)=O)C(c2ccc(Cl)cc2)C1. The molecule has 0 saturated heterocycles. The summed E-state index contributed by atoms with van der Waals surface area (Å²) in [4.78, 5) is 24.8. The molecule has 1 aliphatic heterocycles. The van der Waals surface area contributed by atoms with Gasteiger partial charge in [0.1, 0.15) is 17.9 Å². The molecule has 0 radical (unpaired) electrons. The van der Waals surface area contributed by atoms with Gasteiger partial charge in [-0.25, -0.2) is 9.80 Å². The van der Waals surface area contributed by atoms with Crippen LogP contribution in [0.5, 0.6) is 5.75 Å². The zero-order valence-electron chi connectivity index (χ0n) is 20.8. The maximum Gasteiger partial charge on any atom is 0.341 e. The van der Waals surface area contributed by atoms with Crippen molar-refractivity contribution >= 4 is 34.8 Å². The van der Waals surface area contributed by atoms with Crippen molar-refractivity contribution in [2.45, 2.75) is 26.0 Å². The van der Waals surface area contributed by atoms with Crippen LogP contribution in [0.25, 0.3) is 5.57 Å². The van der Waals surface area contributed by atoms with Crippen LogP contribution in [0.1, 0.15) is 41.6 Å². The number of rotatable bonds is 8. The van der Waals surface area contributed by atoms with Crippen molar-refractivity contribution < 1.29 is 23.8 Å². The van der Waals surface area contributed by atoms with Crippen LogP contribution in [-0.4, -0.2) is 36.8 Å². The summed E-state index contributed by atoms with van der Waals surface area (Å²) < 4.78 is 16.3. The van der Waals surface area contributed by atoms with Gasteiger partial charge in [0.25, 0.3) is 0 Å². The van der Waals surface area contributed by atoms with E-state index in [9.17, 15) is 9.59 Å². The normalized spacial score (nSPS) is 15.2. The van der Waals surface area contributed by atoms with Crippen LogP contribution >= 0.6 is 11.6 Å². The molecule has 1 aliphatic rings. The summed E-state index contributed by atoms with van der Waals surface area (Å²) in [5.74, 6) is -0.0400. The van der Waals surface area contributed by atoms with E-state index in [1.165, 1.54) is 32.4 Å². The number of nitrogens with zero attached hydrogens (tertiary/aromatic N) is 2. The number of esters is 1. The number of hydrogen-bond acceptors (Lipinski definition) is 6. The molecule has 1 atom stereocenters. The van der Waals surface area contributed by atoms with Crippen molar-refractivity contribution in [1.29, 1.82) is 0 Å². The number of amides is 1. The van der Waals surface area contributed by atoms with E-state index in [1.54, 1.807) is 0 Å². The quantitative estimate of drug-likeness (QED) is 0.215. The van der Waals surface area contributed by atoms with Gasteiger partial charge in [-0.1, -0.05) is 60.1 Å². The Morgan fingerprint density at radius 3 is 2.43 bits per heavy atom. The molecule has 1 unspecified atom stereocenters. The van der Waals surface area contributed by atoms with Crippen molar-refractivity contribution in [2.24, 2.45) is 5.10 Å². The van der Waals surface area contributed by atoms with Crippen molar-refractivity contribution in [2.75, 3.05) is 14.2 Å².